The van der Waals surface area contributed by atoms with Gasteiger partial charge >= 0.3 is 0 Å². The summed E-state index contributed by atoms with van der Waals surface area (Å²) in [5.74, 6) is 0. The molecule has 0 saturated carbocycles. The molecular weight excluding hydrogens is 277 g/mol. The van der Waals surface area contributed by atoms with Gasteiger partial charge in [-0.05, 0) is 51.3 Å². The lowest BCUT2D eigenvalue weighted by atomic mass is 9.75. The first-order valence-corrected chi connectivity index (χ1v) is 7.70. The van der Waals surface area contributed by atoms with E-state index in [1.165, 1.54) is 5.56 Å². The van der Waals surface area contributed by atoms with Crippen molar-refractivity contribution in [2.75, 3.05) is 6.54 Å². The Morgan fingerprint density at radius 3 is 2.05 bits per heavy atom. The fourth-order valence-electron chi connectivity index (χ4n) is 2.33. The number of benzene rings is 1. The molecular formula is C16H25Cl2N. The first-order chi connectivity index (χ1) is 8.74. The quantitative estimate of drug-likeness (QED) is 0.763. The maximum Gasteiger partial charge on any atom is 0.0458 e. The van der Waals surface area contributed by atoms with Crippen LogP contribution < -0.4 is 5.32 Å². The molecule has 1 rings (SSSR count). The molecule has 0 amide bonds. The largest absolute Gasteiger partial charge is 0.311 e. The highest BCUT2D eigenvalue weighted by Crippen LogP contribution is 2.37. The number of nitrogens with one attached hydrogen (secondary N) is 1. The maximum absolute atomic E-state index is 6.41. The van der Waals surface area contributed by atoms with E-state index in [-0.39, 0.29) is 11.0 Å². The Kier molecular flexibility index (Phi) is 5.73. The molecule has 108 valence electrons. The summed E-state index contributed by atoms with van der Waals surface area (Å²) in [4.78, 5) is 0. The van der Waals surface area contributed by atoms with E-state index in [1.807, 2.05) is 12.1 Å². The minimum absolute atomic E-state index is 0.0644. The molecule has 0 spiro atoms. The van der Waals surface area contributed by atoms with Crippen LogP contribution in [0.3, 0.4) is 0 Å². The van der Waals surface area contributed by atoms with Gasteiger partial charge in [-0.15, -0.1) is 0 Å². The summed E-state index contributed by atoms with van der Waals surface area (Å²) in [7, 11) is 0. The topological polar surface area (TPSA) is 12.0 Å². The lowest BCUT2D eigenvalue weighted by Crippen LogP contribution is -2.45. The van der Waals surface area contributed by atoms with Crippen LogP contribution in [0, 0.1) is 0 Å². The van der Waals surface area contributed by atoms with Crippen molar-refractivity contribution in [1.82, 2.24) is 5.32 Å². The van der Waals surface area contributed by atoms with Crippen LogP contribution in [0.4, 0.5) is 0 Å². The van der Waals surface area contributed by atoms with Gasteiger partial charge in [0.15, 0.2) is 0 Å². The van der Waals surface area contributed by atoms with E-state index < -0.39 is 0 Å². The van der Waals surface area contributed by atoms with Gasteiger partial charge in [-0.1, -0.05) is 43.1 Å². The van der Waals surface area contributed by atoms with E-state index in [9.17, 15) is 0 Å². The summed E-state index contributed by atoms with van der Waals surface area (Å²) < 4.78 is 0. The number of rotatable bonds is 5. The van der Waals surface area contributed by atoms with Gasteiger partial charge in [0.05, 0.1) is 0 Å². The summed E-state index contributed by atoms with van der Waals surface area (Å²) >= 11 is 12.4. The number of hydrogen-bond donors (Lipinski definition) is 1. The van der Waals surface area contributed by atoms with Gasteiger partial charge in [0.25, 0.3) is 0 Å². The van der Waals surface area contributed by atoms with Crippen molar-refractivity contribution in [3.63, 3.8) is 0 Å². The monoisotopic (exact) mass is 301 g/mol. The van der Waals surface area contributed by atoms with Crippen LogP contribution in [-0.2, 0) is 5.41 Å². The third-order valence-corrected chi connectivity index (χ3v) is 4.36. The molecule has 1 nitrogen and oxygen atoms in total. The molecule has 1 N–H and O–H groups in total. The Morgan fingerprint density at radius 2 is 1.63 bits per heavy atom. The second-order valence-corrected chi connectivity index (χ2v) is 7.06. The Bertz CT molecular complexity index is 417. The fraction of sp³-hybridized carbons (Fsp3) is 0.625. The number of hydrogen-bond acceptors (Lipinski definition) is 1. The summed E-state index contributed by atoms with van der Waals surface area (Å²) in [5, 5.41) is 5.08. The molecule has 0 radical (unpaired) electrons. The highest BCUT2D eigenvalue weighted by Gasteiger charge is 2.31. The zero-order chi connectivity index (χ0) is 14.7. The first-order valence-electron chi connectivity index (χ1n) is 6.94. The van der Waals surface area contributed by atoms with Gasteiger partial charge in [-0.3, -0.25) is 0 Å². The van der Waals surface area contributed by atoms with E-state index in [0.717, 1.165) is 24.4 Å². The van der Waals surface area contributed by atoms with Gasteiger partial charge in [0.2, 0.25) is 0 Å². The summed E-state index contributed by atoms with van der Waals surface area (Å²) in [6.45, 7) is 11.9. The molecule has 1 aromatic carbocycles. The third-order valence-electron chi connectivity index (χ3n) is 3.81. The molecule has 0 saturated heterocycles. The van der Waals surface area contributed by atoms with E-state index in [1.54, 1.807) is 0 Å². The van der Waals surface area contributed by atoms with Crippen molar-refractivity contribution >= 4 is 23.2 Å². The molecule has 0 aromatic heterocycles. The predicted octanol–water partition coefficient (Wildman–Crippen LogP) is 5.44. The molecule has 19 heavy (non-hydrogen) atoms. The molecule has 0 unspecified atom stereocenters. The van der Waals surface area contributed by atoms with Crippen LogP contribution in [0.25, 0.3) is 0 Å². The molecule has 0 bridgehead atoms. The lowest BCUT2D eigenvalue weighted by molar-refractivity contribution is 0.313. The zero-order valence-corrected chi connectivity index (χ0v) is 14.1. The van der Waals surface area contributed by atoms with Gasteiger partial charge < -0.3 is 5.32 Å². The molecule has 0 aliphatic heterocycles. The standard InChI is InChI=1S/C16H25Cl2N/c1-6-16(7-2,11-19-15(3,4)5)13-9-8-12(17)10-14(13)18/h8-10,19H,6-7,11H2,1-5H3. The Morgan fingerprint density at radius 1 is 1.05 bits per heavy atom. The van der Waals surface area contributed by atoms with Gasteiger partial charge in [0.1, 0.15) is 0 Å². The normalized spacial score (nSPS) is 12.8. The molecule has 3 heteroatoms. The van der Waals surface area contributed by atoms with Gasteiger partial charge in [0, 0.05) is 27.5 Å². The second kappa shape index (κ2) is 6.47. The van der Waals surface area contributed by atoms with Crippen molar-refractivity contribution in [2.45, 2.75) is 58.4 Å². The highest BCUT2D eigenvalue weighted by atomic mass is 35.5. The van der Waals surface area contributed by atoms with Gasteiger partial charge in [-0.2, -0.15) is 0 Å². The van der Waals surface area contributed by atoms with E-state index in [0.29, 0.717) is 5.02 Å². The smallest absolute Gasteiger partial charge is 0.0458 e. The lowest BCUT2D eigenvalue weighted by Gasteiger charge is -2.36. The third kappa shape index (κ3) is 4.37. The number of halogens is 2. The van der Waals surface area contributed by atoms with Crippen LogP contribution in [0.5, 0.6) is 0 Å². The summed E-state index contributed by atoms with van der Waals surface area (Å²) in [5.41, 5.74) is 1.36. The Balaban J connectivity index is 3.10. The van der Waals surface area contributed by atoms with Crippen LogP contribution in [0.1, 0.15) is 53.0 Å². The molecule has 1 aromatic rings. The predicted molar refractivity (Wildman–Crippen MR) is 86.5 cm³/mol. The SMILES string of the molecule is CCC(CC)(CNC(C)(C)C)c1ccc(Cl)cc1Cl. The van der Waals surface area contributed by atoms with Crippen molar-refractivity contribution in [2.24, 2.45) is 0 Å². The average Bonchev–Trinajstić information content (AvgIpc) is 2.31. The molecule has 0 aliphatic rings. The molecule has 0 heterocycles. The first kappa shape index (κ1) is 16.8. The average molecular weight is 302 g/mol. The summed E-state index contributed by atoms with van der Waals surface area (Å²) in [6, 6.07) is 5.84. The molecule has 0 aliphatic carbocycles. The van der Waals surface area contributed by atoms with Crippen molar-refractivity contribution in [3.05, 3.63) is 33.8 Å². The van der Waals surface area contributed by atoms with Crippen LogP contribution in [0.2, 0.25) is 10.0 Å². The highest BCUT2D eigenvalue weighted by molar-refractivity contribution is 6.35. The molecule has 0 atom stereocenters. The van der Waals surface area contributed by atoms with Crippen LogP contribution in [0.15, 0.2) is 18.2 Å². The molecule has 0 fully saturated rings. The summed E-state index contributed by atoms with van der Waals surface area (Å²) in [6.07, 6.45) is 2.10. The van der Waals surface area contributed by atoms with E-state index in [4.69, 9.17) is 23.2 Å². The zero-order valence-electron chi connectivity index (χ0n) is 12.6. The van der Waals surface area contributed by atoms with Crippen molar-refractivity contribution < 1.29 is 0 Å². The van der Waals surface area contributed by atoms with E-state index in [2.05, 4.69) is 46.0 Å². The van der Waals surface area contributed by atoms with E-state index >= 15 is 0 Å². The fourth-order valence-corrected chi connectivity index (χ4v) is 2.94. The van der Waals surface area contributed by atoms with Gasteiger partial charge in [-0.25, -0.2) is 0 Å². The minimum Gasteiger partial charge on any atom is -0.311 e. The van der Waals surface area contributed by atoms with Crippen LogP contribution >= 0.6 is 23.2 Å². The van der Waals surface area contributed by atoms with Crippen molar-refractivity contribution in [1.29, 1.82) is 0 Å². The Hall–Kier alpha value is -0.240. The minimum atomic E-state index is 0.0644. The van der Waals surface area contributed by atoms with Crippen molar-refractivity contribution in [3.8, 4) is 0 Å². The maximum atomic E-state index is 6.41. The second-order valence-electron chi connectivity index (χ2n) is 6.22. The Labute approximate surface area is 127 Å². The van der Waals surface area contributed by atoms with Crippen LogP contribution in [-0.4, -0.2) is 12.1 Å².